The fourth-order valence-corrected chi connectivity index (χ4v) is 4.35. The molecule has 4 rings (SSSR count). The molecule has 2 fully saturated rings. The summed E-state index contributed by atoms with van der Waals surface area (Å²) in [5, 5.41) is 26.4. The van der Waals surface area contributed by atoms with E-state index in [2.05, 4.69) is 15.5 Å². The third-order valence-corrected chi connectivity index (χ3v) is 6.15. The first-order valence-electron chi connectivity index (χ1n) is 11.8. The van der Waals surface area contributed by atoms with E-state index >= 15 is 0 Å². The van der Waals surface area contributed by atoms with E-state index in [0.29, 0.717) is 31.3 Å². The van der Waals surface area contributed by atoms with Crippen molar-refractivity contribution in [2.45, 2.75) is 44.4 Å². The molecule has 1 aromatic carbocycles. The van der Waals surface area contributed by atoms with Gasteiger partial charge in [0.05, 0.1) is 19.3 Å². The van der Waals surface area contributed by atoms with Crippen LogP contribution in [0.1, 0.15) is 24.8 Å². The van der Waals surface area contributed by atoms with E-state index in [-0.39, 0.29) is 18.8 Å². The van der Waals surface area contributed by atoms with Crippen LogP contribution in [0.15, 0.2) is 24.3 Å². The number of nitrogens with zero attached hydrogens (tertiary/aromatic N) is 3. The summed E-state index contributed by atoms with van der Waals surface area (Å²) in [7, 11) is 1.79. The lowest BCUT2D eigenvalue weighted by Crippen LogP contribution is -2.37. The van der Waals surface area contributed by atoms with Crippen LogP contribution in [0.3, 0.4) is 0 Å². The first-order chi connectivity index (χ1) is 16.0. The van der Waals surface area contributed by atoms with Crippen molar-refractivity contribution < 1.29 is 19.7 Å². The summed E-state index contributed by atoms with van der Waals surface area (Å²) >= 11 is 0. The van der Waals surface area contributed by atoms with Gasteiger partial charge in [0, 0.05) is 36.8 Å². The number of rotatable bonds is 9. The molecule has 1 saturated carbocycles. The second-order valence-electron chi connectivity index (χ2n) is 8.80. The molecule has 180 valence electrons. The molecule has 0 amide bonds. The van der Waals surface area contributed by atoms with Crippen LogP contribution in [-0.4, -0.2) is 84.9 Å². The Morgan fingerprint density at radius 3 is 2.79 bits per heavy atom. The summed E-state index contributed by atoms with van der Waals surface area (Å²) in [4.78, 5) is 12.1. The molecule has 3 atom stereocenters. The highest BCUT2D eigenvalue weighted by atomic mass is 16.5. The van der Waals surface area contributed by atoms with Gasteiger partial charge in [0.1, 0.15) is 30.1 Å². The van der Waals surface area contributed by atoms with E-state index in [0.717, 1.165) is 55.1 Å². The van der Waals surface area contributed by atoms with Crippen molar-refractivity contribution in [1.82, 2.24) is 15.3 Å². The Morgan fingerprint density at radius 2 is 2.06 bits per heavy atom. The van der Waals surface area contributed by atoms with Gasteiger partial charge in [0.15, 0.2) is 5.82 Å². The predicted molar refractivity (Wildman–Crippen MR) is 128 cm³/mol. The summed E-state index contributed by atoms with van der Waals surface area (Å²) in [6, 6.07) is 7.85. The molecule has 9 nitrogen and oxygen atoms in total. The maximum absolute atomic E-state index is 9.96. The van der Waals surface area contributed by atoms with Crippen LogP contribution in [0.4, 0.5) is 11.6 Å². The number of aliphatic hydroxyl groups is 2. The van der Waals surface area contributed by atoms with Gasteiger partial charge in [-0.1, -0.05) is 12.1 Å². The van der Waals surface area contributed by atoms with E-state index in [1.165, 1.54) is 0 Å². The molecule has 1 aromatic heterocycles. The van der Waals surface area contributed by atoms with Gasteiger partial charge in [0.2, 0.25) is 0 Å². The van der Waals surface area contributed by atoms with Crippen molar-refractivity contribution in [3.05, 3.63) is 29.8 Å². The number of ether oxygens (including phenoxy) is 2. The molecule has 0 spiro atoms. The predicted octanol–water partition coefficient (Wildman–Crippen LogP) is 1.57. The molecule has 2 heterocycles. The maximum atomic E-state index is 9.96. The van der Waals surface area contributed by atoms with Crippen LogP contribution in [0.2, 0.25) is 0 Å². The number of hydrogen-bond acceptors (Lipinski definition) is 9. The third kappa shape index (κ3) is 6.11. The second-order valence-corrected chi connectivity index (χ2v) is 8.80. The van der Waals surface area contributed by atoms with E-state index in [4.69, 9.17) is 19.4 Å². The minimum Gasteiger partial charge on any atom is -0.491 e. The average molecular weight is 458 g/mol. The van der Waals surface area contributed by atoms with Crippen LogP contribution in [-0.2, 0) is 4.74 Å². The number of aromatic nitrogens is 2. The molecular weight excluding hydrogens is 422 g/mol. The number of nitrogens with one attached hydrogen (secondary N) is 2. The van der Waals surface area contributed by atoms with E-state index in [1.54, 1.807) is 7.05 Å². The molecule has 0 radical (unpaired) electrons. The molecular formula is C24H35N5O4. The average Bonchev–Trinajstić information content (AvgIpc) is 3.24. The van der Waals surface area contributed by atoms with Gasteiger partial charge in [-0.25, -0.2) is 9.97 Å². The van der Waals surface area contributed by atoms with Crippen LogP contribution < -0.4 is 20.3 Å². The van der Waals surface area contributed by atoms with Crippen LogP contribution in [0, 0.1) is 6.92 Å². The van der Waals surface area contributed by atoms with E-state index in [9.17, 15) is 10.2 Å². The Morgan fingerprint density at radius 1 is 1.24 bits per heavy atom. The topological polar surface area (TPSA) is 112 Å². The van der Waals surface area contributed by atoms with Crippen molar-refractivity contribution in [1.29, 1.82) is 0 Å². The zero-order chi connectivity index (χ0) is 23.2. The van der Waals surface area contributed by atoms with Gasteiger partial charge in [-0.3, -0.25) is 0 Å². The fourth-order valence-electron chi connectivity index (χ4n) is 4.35. The van der Waals surface area contributed by atoms with Gasteiger partial charge in [-0.2, -0.15) is 0 Å². The number of benzene rings is 1. The lowest BCUT2D eigenvalue weighted by atomic mass is 10.1. The van der Waals surface area contributed by atoms with E-state index < -0.39 is 6.10 Å². The van der Waals surface area contributed by atoms with Crippen molar-refractivity contribution >= 4 is 11.6 Å². The van der Waals surface area contributed by atoms with Gasteiger partial charge < -0.3 is 35.2 Å². The molecule has 2 aliphatic rings. The number of anilines is 2. The van der Waals surface area contributed by atoms with Crippen LogP contribution >= 0.6 is 0 Å². The number of aliphatic hydroxyl groups excluding tert-OH is 2. The highest BCUT2D eigenvalue weighted by Gasteiger charge is 2.26. The molecule has 9 heteroatoms. The number of hydrogen-bond donors (Lipinski definition) is 4. The lowest BCUT2D eigenvalue weighted by Gasteiger charge is -2.30. The summed E-state index contributed by atoms with van der Waals surface area (Å²) in [5.74, 6) is 2.98. The Balaban J connectivity index is 1.62. The van der Waals surface area contributed by atoms with Crippen LogP contribution in [0.25, 0.3) is 11.4 Å². The number of morpholine rings is 1. The third-order valence-electron chi connectivity index (χ3n) is 6.15. The molecule has 0 bridgehead atoms. The zero-order valence-electron chi connectivity index (χ0n) is 19.5. The molecule has 1 aliphatic carbocycles. The van der Waals surface area contributed by atoms with Crippen molar-refractivity contribution in [2.75, 3.05) is 56.7 Å². The smallest absolute Gasteiger partial charge is 0.164 e. The molecule has 4 N–H and O–H groups in total. The molecule has 1 saturated heterocycles. The quantitative estimate of drug-likeness (QED) is 0.446. The summed E-state index contributed by atoms with van der Waals surface area (Å²) < 4.78 is 11.3. The summed E-state index contributed by atoms with van der Waals surface area (Å²) in [6.07, 6.45) is 1.62. The maximum Gasteiger partial charge on any atom is 0.164 e. The zero-order valence-corrected chi connectivity index (χ0v) is 19.5. The Bertz CT molecular complexity index is 922. The van der Waals surface area contributed by atoms with Gasteiger partial charge in [-0.05, 0) is 45.4 Å². The first-order valence-corrected chi connectivity index (χ1v) is 11.8. The largest absolute Gasteiger partial charge is 0.491 e. The number of likely N-dealkylation sites (N-methyl/N-ethyl adjacent to an activating group) is 1. The summed E-state index contributed by atoms with van der Waals surface area (Å²) in [6.45, 7) is 5.63. The van der Waals surface area contributed by atoms with Crippen LogP contribution in [0.5, 0.6) is 5.75 Å². The Hall–Kier alpha value is -2.46. The minimum atomic E-state index is -0.584. The molecule has 1 aliphatic heterocycles. The van der Waals surface area contributed by atoms with Crippen molar-refractivity contribution in [2.24, 2.45) is 0 Å². The second kappa shape index (κ2) is 11.1. The lowest BCUT2D eigenvalue weighted by molar-refractivity contribution is 0.108. The SMILES string of the molecule is CNCC(O)COc1cccc(-c2nc(N[C@@H]3CC[C@H](O)C3)c(C)c(N3CCOCC3)n2)c1. The standard InChI is InChI=1S/C24H35N5O4/c1-16-22(26-18-6-7-19(30)13-18)27-23(28-24(16)29-8-10-32-11-9-29)17-4-3-5-21(12-17)33-15-20(31)14-25-2/h3-5,12,18-20,25,30-31H,6-11,13-15H2,1-2H3,(H,26,27,28)/t18-,19+,20?/m1/s1. The van der Waals surface area contributed by atoms with Gasteiger partial charge >= 0.3 is 0 Å². The first kappa shape index (κ1) is 23.7. The fraction of sp³-hybridized carbons (Fsp3) is 0.583. The van der Waals surface area contributed by atoms with Gasteiger partial charge in [-0.15, -0.1) is 0 Å². The van der Waals surface area contributed by atoms with Gasteiger partial charge in [0.25, 0.3) is 0 Å². The summed E-state index contributed by atoms with van der Waals surface area (Å²) in [5.41, 5.74) is 1.85. The Labute approximate surface area is 195 Å². The van der Waals surface area contributed by atoms with Crippen molar-refractivity contribution in [3.63, 3.8) is 0 Å². The highest BCUT2D eigenvalue weighted by molar-refractivity contribution is 5.67. The minimum absolute atomic E-state index is 0.197. The molecule has 33 heavy (non-hydrogen) atoms. The molecule has 1 unspecified atom stereocenters. The normalized spacial score (nSPS) is 21.8. The van der Waals surface area contributed by atoms with E-state index in [1.807, 2.05) is 31.2 Å². The Kier molecular flexibility index (Phi) is 7.97. The van der Waals surface area contributed by atoms with Crippen molar-refractivity contribution in [3.8, 4) is 17.1 Å². The highest BCUT2D eigenvalue weighted by Crippen LogP contribution is 2.31. The monoisotopic (exact) mass is 457 g/mol. The molecule has 2 aromatic rings.